The molecule has 2 aliphatic carbocycles. The van der Waals surface area contributed by atoms with Gasteiger partial charge in [-0.25, -0.2) is 0 Å². The zero-order chi connectivity index (χ0) is 13.7. The quantitative estimate of drug-likeness (QED) is 0.667. The van der Waals surface area contributed by atoms with E-state index in [1.165, 1.54) is 37.8 Å². The topological polar surface area (TPSA) is 81.2 Å². The van der Waals surface area contributed by atoms with E-state index >= 15 is 0 Å². The number of nitrogens with one attached hydrogen (secondary N) is 1. The normalized spacial score (nSPS) is 20.0. The van der Waals surface area contributed by atoms with Gasteiger partial charge in [-0.05, 0) is 43.1 Å². The number of hydrogen-bond donors (Lipinski definition) is 1. The van der Waals surface area contributed by atoms with Gasteiger partial charge in [0, 0.05) is 12.6 Å². The number of anilines is 1. The molecule has 2 aliphatic rings. The third kappa shape index (κ3) is 1.92. The summed E-state index contributed by atoms with van der Waals surface area (Å²) in [6.45, 7) is 0.895. The number of oxazole rings is 1. The van der Waals surface area contributed by atoms with Crippen molar-refractivity contribution >= 4 is 22.8 Å². The second kappa shape index (κ2) is 3.94. The van der Waals surface area contributed by atoms with Crippen LogP contribution in [0.3, 0.4) is 0 Å². The molecule has 0 aliphatic heterocycles. The second-order valence-electron chi connectivity index (χ2n) is 5.92. The van der Waals surface area contributed by atoms with Crippen molar-refractivity contribution in [2.45, 2.75) is 25.7 Å². The minimum atomic E-state index is -0.429. The Morgan fingerprint density at radius 1 is 1.45 bits per heavy atom. The van der Waals surface area contributed by atoms with Gasteiger partial charge in [0.25, 0.3) is 11.7 Å². The zero-order valence-corrected chi connectivity index (χ0v) is 11.0. The molecule has 1 N–H and O–H groups in total. The Morgan fingerprint density at radius 3 is 2.90 bits per heavy atom. The van der Waals surface area contributed by atoms with Crippen LogP contribution < -0.4 is 5.32 Å². The van der Waals surface area contributed by atoms with Gasteiger partial charge in [0.1, 0.15) is 5.52 Å². The standard InChI is InChI=1S/C14H15N3O3/c18-17(19)10-3-4-11-12(7-10)20-13(16-11)15-8-14(5-6-14)9-1-2-9/h3-4,7,9H,1-2,5-6,8H2,(H,15,16). The van der Waals surface area contributed by atoms with E-state index in [1.54, 1.807) is 6.07 Å². The lowest BCUT2D eigenvalue weighted by Gasteiger charge is -2.13. The van der Waals surface area contributed by atoms with Gasteiger partial charge in [-0.1, -0.05) is 0 Å². The number of rotatable bonds is 5. The van der Waals surface area contributed by atoms with Crippen molar-refractivity contribution in [3.05, 3.63) is 28.3 Å². The van der Waals surface area contributed by atoms with Crippen LogP contribution in [-0.2, 0) is 0 Å². The highest BCUT2D eigenvalue weighted by molar-refractivity contribution is 5.77. The molecule has 104 valence electrons. The summed E-state index contributed by atoms with van der Waals surface area (Å²) in [5.41, 5.74) is 1.59. The van der Waals surface area contributed by atoms with Crippen molar-refractivity contribution in [1.82, 2.24) is 4.98 Å². The Hall–Kier alpha value is -2.11. The summed E-state index contributed by atoms with van der Waals surface area (Å²) >= 11 is 0. The fourth-order valence-corrected chi connectivity index (χ4v) is 2.94. The number of aromatic nitrogens is 1. The van der Waals surface area contributed by atoms with Gasteiger partial charge in [-0.2, -0.15) is 4.98 Å². The fraction of sp³-hybridized carbons (Fsp3) is 0.500. The number of nitro groups is 1. The number of fused-ring (bicyclic) bond motifs is 1. The molecule has 2 aromatic rings. The highest BCUT2D eigenvalue weighted by Gasteiger charge is 2.53. The summed E-state index contributed by atoms with van der Waals surface area (Å²) < 4.78 is 5.56. The molecule has 1 aromatic carbocycles. The highest BCUT2D eigenvalue weighted by Crippen LogP contribution is 2.61. The molecule has 0 saturated heterocycles. The van der Waals surface area contributed by atoms with Crippen molar-refractivity contribution in [1.29, 1.82) is 0 Å². The number of benzene rings is 1. The highest BCUT2D eigenvalue weighted by atomic mass is 16.6. The van der Waals surface area contributed by atoms with Crippen LogP contribution in [0.1, 0.15) is 25.7 Å². The molecule has 0 atom stereocenters. The first-order valence-corrected chi connectivity index (χ1v) is 6.95. The van der Waals surface area contributed by atoms with Gasteiger partial charge in [0.2, 0.25) is 0 Å². The Kier molecular flexibility index (Phi) is 2.31. The maximum Gasteiger partial charge on any atom is 0.295 e. The summed E-state index contributed by atoms with van der Waals surface area (Å²) in [6, 6.07) is 4.95. The molecule has 0 amide bonds. The number of hydrogen-bond acceptors (Lipinski definition) is 5. The first-order chi connectivity index (χ1) is 9.66. The van der Waals surface area contributed by atoms with Gasteiger partial charge < -0.3 is 9.73 Å². The van der Waals surface area contributed by atoms with Crippen molar-refractivity contribution in [2.24, 2.45) is 11.3 Å². The Labute approximate surface area is 115 Å². The van der Waals surface area contributed by atoms with Crippen LogP contribution in [0.2, 0.25) is 0 Å². The molecule has 4 rings (SSSR count). The van der Waals surface area contributed by atoms with Crippen LogP contribution in [0.15, 0.2) is 22.6 Å². The Balaban J connectivity index is 1.53. The summed E-state index contributed by atoms with van der Waals surface area (Å²) in [4.78, 5) is 14.6. The first kappa shape index (κ1) is 11.7. The van der Waals surface area contributed by atoms with E-state index in [9.17, 15) is 10.1 Å². The van der Waals surface area contributed by atoms with Gasteiger partial charge in [0.05, 0.1) is 11.0 Å². The molecular weight excluding hydrogens is 258 g/mol. The molecule has 6 heteroatoms. The van der Waals surface area contributed by atoms with Crippen LogP contribution in [0.25, 0.3) is 11.1 Å². The van der Waals surface area contributed by atoms with E-state index in [0.717, 1.165) is 12.5 Å². The van der Waals surface area contributed by atoms with E-state index in [4.69, 9.17) is 4.42 Å². The Morgan fingerprint density at radius 2 is 2.25 bits per heavy atom. The van der Waals surface area contributed by atoms with Crippen LogP contribution in [-0.4, -0.2) is 16.5 Å². The minimum Gasteiger partial charge on any atom is -0.423 e. The van der Waals surface area contributed by atoms with Crippen molar-refractivity contribution in [3.8, 4) is 0 Å². The number of nitro benzene ring substituents is 1. The molecule has 20 heavy (non-hydrogen) atoms. The maximum absolute atomic E-state index is 10.7. The lowest BCUT2D eigenvalue weighted by Crippen LogP contribution is -2.17. The van der Waals surface area contributed by atoms with Crippen LogP contribution >= 0.6 is 0 Å². The summed E-state index contributed by atoms with van der Waals surface area (Å²) in [5, 5.41) is 14.0. The van der Waals surface area contributed by atoms with Crippen LogP contribution in [0.4, 0.5) is 11.7 Å². The average Bonchev–Trinajstić information content (AvgIpc) is 3.31. The molecule has 0 bridgehead atoms. The lowest BCUT2D eigenvalue weighted by molar-refractivity contribution is -0.384. The molecule has 1 heterocycles. The first-order valence-electron chi connectivity index (χ1n) is 6.95. The molecule has 0 unspecified atom stereocenters. The molecule has 6 nitrogen and oxygen atoms in total. The predicted octanol–water partition coefficient (Wildman–Crippen LogP) is 3.34. The summed E-state index contributed by atoms with van der Waals surface area (Å²) in [5.74, 6) is 0.875. The van der Waals surface area contributed by atoms with Crippen molar-refractivity contribution in [3.63, 3.8) is 0 Å². The van der Waals surface area contributed by atoms with Gasteiger partial charge in [0.15, 0.2) is 5.58 Å². The summed E-state index contributed by atoms with van der Waals surface area (Å²) in [7, 11) is 0. The molecule has 2 saturated carbocycles. The maximum atomic E-state index is 10.7. The molecule has 1 aromatic heterocycles. The van der Waals surface area contributed by atoms with E-state index < -0.39 is 4.92 Å². The van der Waals surface area contributed by atoms with Gasteiger partial charge in [-0.3, -0.25) is 10.1 Å². The van der Waals surface area contributed by atoms with Crippen LogP contribution in [0, 0.1) is 21.4 Å². The SMILES string of the molecule is O=[N+]([O-])c1ccc2nc(NCC3(C4CC4)CC3)oc2c1. The molecule has 0 spiro atoms. The van der Waals surface area contributed by atoms with Gasteiger partial charge in [-0.15, -0.1) is 0 Å². The number of non-ortho nitro benzene ring substituents is 1. The largest absolute Gasteiger partial charge is 0.423 e. The van der Waals surface area contributed by atoms with E-state index in [0.29, 0.717) is 22.5 Å². The zero-order valence-electron chi connectivity index (χ0n) is 11.0. The molecular formula is C14H15N3O3. The molecule has 2 fully saturated rings. The number of nitrogens with zero attached hydrogens (tertiary/aromatic N) is 2. The van der Waals surface area contributed by atoms with E-state index in [-0.39, 0.29) is 5.69 Å². The molecule has 0 radical (unpaired) electrons. The van der Waals surface area contributed by atoms with Crippen molar-refractivity contribution in [2.75, 3.05) is 11.9 Å². The van der Waals surface area contributed by atoms with Crippen molar-refractivity contribution < 1.29 is 9.34 Å². The summed E-state index contributed by atoms with van der Waals surface area (Å²) in [6.07, 6.45) is 5.27. The smallest absolute Gasteiger partial charge is 0.295 e. The van der Waals surface area contributed by atoms with E-state index in [2.05, 4.69) is 10.3 Å². The fourth-order valence-electron chi connectivity index (χ4n) is 2.94. The minimum absolute atomic E-state index is 0.0249. The van der Waals surface area contributed by atoms with Crippen LogP contribution in [0.5, 0.6) is 0 Å². The average molecular weight is 273 g/mol. The third-order valence-corrected chi connectivity index (χ3v) is 4.51. The monoisotopic (exact) mass is 273 g/mol. The van der Waals surface area contributed by atoms with Gasteiger partial charge >= 0.3 is 0 Å². The Bertz CT molecular complexity index is 686. The lowest BCUT2D eigenvalue weighted by atomic mass is 10.0. The van der Waals surface area contributed by atoms with E-state index in [1.807, 2.05) is 0 Å². The third-order valence-electron chi connectivity index (χ3n) is 4.51. The second-order valence-corrected chi connectivity index (χ2v) is 5.92. The predicted molar refractivity (Wildman–Crippen MR) is 73.5 cm³/mol.